The van der Waals surface area contributed by atoms with Gasteiger partial charge in [-0.05, 0) is 86.3 Å². The van der Waals surface area contributed by atoms with Gasteiger partial charge in [0, 0.05) is 30.7 Å². The third kappa shape index (κ3) is 7.74. The van der Waals surface area contributed by atoms with Crippen LogP contribution >= 0.6 is 0 Å². The molecule has 0 saturated heterocycles. The summed E-state index contributed by atoms with van der Waals surface area (Å²) >= 11 is 0. The number of halogens is 2. The highest BCUT2D eigenvalue weighted by Gasteiger charge is 2.25. The molecule has 1 aliphatic carbocycles. The largest absolute Gasteiger partial charge is 0.494 e. The Hall–Kier alpha value is -3.11. The lowest BCUT2D eigenvalue weighted by molar-refractivity contribution is -0.123. The zero-order chi connectivity index (χ0) is 24.6. The first-order valence-corrected chi connectivity index (χ1v) is 12.0. The Bertz CT molecular complexity index is 1090. The van der Waals surface area contributed by atoms with Crippen LogP contribution in [0.4, 0.5) is 8.78 Å². The fraction of sp³-hybridized carbons (Fsp3) is 0.433. The molecule has 1 fully saturated rings. The molecule has 0 spiro atoms. The van der Waals surface area contributed by atoms with Gasteiger partial charge in [0.15, 0.2) is 0 Å². The predicted molar refractivity (Wildman–Crippen MR) is 132 cm³/mol. The topological polar surface area (TPSA) is 26.3 Å². The van der Waals surface area contributed by atoms with Crippen molar-refractivity contribution in [3.05, 3.63) is 64.7 Å². The molecule has 0 atom stereocenters. The van der Waals surface area contributed by atoms with Gasteiger partial charge in [-0.15, -0.1) is 12.3 Å². The van der Waals surface area contributed by atoms with Crippen molar-refractivity contribution in [1.29, 1.82) is 0 Å². The highest BCUT2D eigenvalue weighted by atomic mass is 19.3. The van der Waals surface area contributed by atoms with Gasteiger partial charge < -0.3 is 4.74 Å². The van der Waals surface area contributed by atoms with Crippen LogP contribution in [0, 0.1) is 36.0 Å². The fourth-order valence-electron chi connectivity index (χ4n) is 4.40. The van der Waals surface area contributed by atoms with Crippen LogP contribution in [0.5, 0.6) is 5.75 Å². The van der Waals surface area contributed by atoms with Crippen LogP contribution in [0.1, 0.15) is 61.8 Å². The molecule has 0 radical (unpaired) electrons. The number of rotatable bonds is 8. The first-order chi connectivity index (χ1) is 16.3. The minimum Gasteiger partial charge on any atom is -0.494 e. The molecule has 2 aromatic carbocycles. The molecule has 2 nitrogen and oxygen atoms in total. The van der Waals surface area contributed by atoms with E-state index in [1.54, 1.807) is 6.07 Å². The second-order valence-electron chi connectivity index (χ2n) is 9.07. The molecule has 2 aromatic rings. The predicted octanol–water partition coefficient (Wildman–Crippen LogP) is 6.43. The van der Waals surface area contributed by atoms with E-state index >= 15 is 0 Å². The maximum absolute atomic E-state index is 13.0. The SMILES string of the molecule is C#CC1CCC(C(=O)Cc2ccc(CCc3cccc(C#CC(C)(F)F)c3)c(OCC)c2)CC1. The average molecular weight is 463 g/mol. The van der Waals surface area contributed by atoms with E-state index in [4.69, 9.17) is 11.2 Å². The number of carbonyl (C=O) groups is 1. The first-order valence-electron chi connectivity index (χ1n) is 12.0. The van der Waals surface area contributed by atoms with Gasteiger partial charge in [0.2, 0.25) is 0 Å². The molecule has 3 rings (SSSR count). The minimum absolute atomic E-state index is 0.0999. The monoisotopic (exact) mass is 462 g/mol. The van der Waals surface area contributed by atoms with E-state index in [0.29, 0.717) is 24.5 Å². The molecule has 0 unspecified atom stereocenters. The Balaban J connectivity index is 1.65. The molecular weight excluding hydrogens is 430 g/mol. The van der Waals surface area contributed by atoms with Crippen LogP contribution in [0.25, 0.3) is 0 Å². The summed E-state index contributed by atoms with van der Waals surface area (Å²) in [7, 11) is 0. The Labute approximate surface area is 202 Å². The van der Waals surface area contributed by atoms with E-state index in [-0.39, 0.29) is 11.7 Å². The van der Waals surface area contributed by atoms with Gasteiger partial charge in [-0.25, -0.2) is 0 Å². The van der Waals surface area contributed by atoms with E-state index in [0.717, 1.165) is 67.9 Å². The highest BCUT2D eigenvalue weighted by Crippen LogP contribution is 2.30. The van der Waals surface area contributed by atoms with Crippen LogP contribution in [0.3, 0.4) is 0 Å². The van der Waals surface area contributed by atoms with Crippen molar-refractivity contribution >= 4 is 5.78 Å². The highest BCUT2D eigenvalue weighted by molar-refractivity contribution is 5.83. The van der Waals surface area contributed by atoms with Gasteiger partial charge >= 0.3 is 5.92 Å². The lowest BCUT2D eigenvalue weighted by Gasteiger charge is -2.24. The standard InChI is InChI=1S/C30H32F2O2/c1-4-22-9-13-26(14-10-22)28(33)20-25-12-16-27(29(21-25)34-5-2)15-11-23-7-6-8-24(19-23)17-18-30(3,31)32/h1,6-8,12,16,19,21-22,26H,5,9-11,13-15,20H2,2-3H3. The maximum Gasteiger partial charge on any atom is 0.305 e. The second kappa shape index (κ2) is 11.8. The zero-order valence-corrected chi connectivity index (χ0v) is 20.0. The van der Waals surface area contributed by atoms with E-state index in [1.165, 1.54) is 0 Å². The summed E-state index contributed by atoms with van der Waals surface area (Å²) in [4.78, 5) is 12.8. The number of aryl methyl sites for hydroxylation is 2. The lowest BCUT2D eigenvalue weighted by Crippen LogP contribution is -2.22. The van der Waals surface area contributed by atoms with Crippen molar-refractivity contribution < 1.29 is 18.3 Å². The van der Waals surface area contributed by atoms with E-state index in [1.807, 2.05) is 49.2 Å². The molecule has 0 N–H and O–H groups in total. The Morgan fingerprint density at radius 3 is 2.53 bits per heavy atom. The fourth-order valence-corrected chi connectivity index (χ4v) is 4.40. The van der Waals surface area contributed by atoms with Crippen LogP contribution in [-0.4, -0.2) is 18.3 Å². The lowest BCUT2D eigenvalue weighted by atomic mass is 9.79. The minimum atomic E-state index is -3.01. The number of hydrogen-bond acceptors (Lipinski definition) is 2. The smallest absolute Gasteiger partial charge is 0.305 e. The van der Waals surface area contributed by atoms with E-state index in [2.05, 4.69) is 11.8 Å². The Morgan fingerprint density at radius 1 is 1.09 bits per heavy atom. The van der Waals surface area contributed by atoms with Gasteiger partial charge in [0.25, 0.3) is 0 Å². The molecule has 4 heteroatoms. The Morgan fingerprint density at radius 2 is 1.85 bits per heavy atom. The Kier molecular flexibility index (Phi) is 8.89. The molecule has 178 valence electrons. The number of ether oxygens (including phenoxy) is 1. The third-order valence-corrected chi connectivity index (χ3v) is 6.26. The van der Waals surface area contributed by atoms with E-state index in [9.17, 15) is 13.6 Å². The number of hydrogen-bond donors (Lipinski definition) is 0. The summed E-state index contributed by atoms with van der Waals surface area (Å²) in [6.07, 6.45) is 11.0. The normalized spacial score (nSPS) is 17.9. The van der Waals surface area contributed by atoms with Crippen LogP contribution < -0.4 is 4.74 Å². The van der Waals surface area contributed by atoms with Gasteiger partial charge in [-0.3, -0.25) is 4.79 Å². The van der Waals surface area contributed by atoms with Crippen LogP contribution in [0.2, 0.25) is 0 Å². The number of terminal acetylenes is 1. The molecule has 34 heavy (non-hydrogen) atoms. The average Bonchev–Trinajstić information content (AvgIpc) is 2.82. The van der Waals surface area contributed by atoms with E-state index < -0.39 is 5.92 Å². The molecule has 1 saturated carbocycles. The third-order valence-electron chi connectivity index (χ3n) is 6.26. The molecule has 0 heterocycles. The van der Waals surface area contributed by atoms with Gasteiger partial charge in [0.1, 0.15) is 11.5 Å². The molecule has 0 bridgehead atoms. The molecule has 0 amide bonds. The number of Topliss-reactive ketones (excluding diaryl/α,β-unsaturated/α-hetero) is 1. The summed E-state index contributed by atoms with van der Waals surface area (Å²) in [5.74, 6) is 5.82. The maximum atomic E-state index is 13.0. The van der Waals surface area contributed by atoms with Crippen LogP contribution in [-0.2, 0) is 24.1 Å². The number of ketones is 1. The van der Waals surface area contributed by atoms with Crippen LogP contribution in [0.15, 0.2) is 42.5 Å². The van der Waals surface area contributed by atoms with Crippen molar-refractivity contribution in [2.75, 3.05) is 6.61 Å². The molecular formula is C30H32F2O2. The summed E-state index contributed by atoms with van der Waals surface area (Å²) in [5, 5.41) is 0. The summed E-state index contributed by atoms with van der Waals surface area (Å²) in [6.45, 7) is 3.27. The molecule has 1 aliphatic rings. The second-order valence-corrected chi connectivity index (χ2v) is 9.07. The van der Waals surface area contributed by atoms with Crippen molar-refractivity contribution in [2.45, 2.75) is 64.7 Å². The van der Waals surface area contributed by atoms with Crippen molar-refractivity contribution in [3.63, 3.8) is 0 Å². The quantitative estimate of drug-likeness (QED) is 0.423. The summed E-state index contributed by atoms with van der Waals surface area (Å²) < 4.78 is 31.9. The summed E-state index contributed by atoms with van der Waals surface area (Å²) in [5.41, 5.74) is 3.63. The number of benzene rings is 2. The van der Waals surface area contributed by atoms with Crippen molar-refractivity contribution in [1.82, 2.24) is 0 Å². The first kappa shape index (κ1) is 25.5. The van der Waals surface area contributed by atoms with Crippen molar-refractivity contribution in [2.24, 2.45) is 11.8 Å². The van der Waals surface area contributed by atoms with Gasteiger partial charge in [-0.2, -0.15) is 8.78 Å². The molecule has 0 aromatic heterocycles. The number of carbonyl (C=O) groups excluding carboxylic acids is 1. The number of alkyl halides is 2. The van der Waals surface area contributed by atoms with Crippen molar-refractivity contribution in [3.8, 4) is 29.9 Å². The zero-order valence-electron chi connectivity index (χ0n) is 20.0. The van der Waals surface area contributed by atoms with Gasteiger partial charge in [0.05, 0.1) is 6.61 Å². The summed E-state index contributed by atoms with van der Waals surface area (Å²) in [6, 6.07) is 13.4. The molecule has 0 aliphatic heterocycles. The van der Waals surface area contributed by atoms with Gasteiger partial charge in [-0.1, -0.05) is 30.2 Å².